The van der Waals surface area contributed by atoms with Crippen LogP contribution in [0.4, 0.5) is 13.2 Å². The molecule has 0 bridgehead atoms. The first-order chi connectivity index (χ1) is 18.8. The highest BCUT2D eigenvalue weighted by Crippen LogP contribution is 2.37. The Hall–Kier alpha value is -0.330. The zero-order valence-corrected chi connectivity index (χ0v) is 27.3. The number of alkyl halides is 3. The molecule has 4 saturated carbocycles. The predicted molar refractivity (Wildman–Crippen MR) is 168 cm³/mol. The average Bonchev–Trinajstić information content (AvgIpc) is 3.84. The van der Waals surface area contributed by atoms with Crippen molar-refractivity contribution in [1.29, 1.82) is 0 Å². The normalized spacial score (nSPS) is 26.3. The maximum Gasteiger partial charge on any atom is 0.391 e. The van der Waals surface area contributed by atoms with Crippen molar-refractivity contribution < 1.29 is 27.4 Å². The Balaban J connectivity index is 0.000000479. The Morgan fingerprint density at radius 1 is 0.561 bits per heavy atom. The van der Waals surface area contributed by atoms with Crippen molar-refractivity contribution in [2.45, 2.75) is 177 Å². The van der Waals surface area contributed by atoms with Gasteiger partial charge in [-0.1, -0.05) is 106 Å². The average molecular weight is 595 g/mol. The first kappa shape index (κ1) is 40.7. The molecule has 2 heterocycles. The van der Waals surface area contributed by atoms with E-state index >= 15 is 0 Å². The molecule has 0 aromatic heterocycles. The van der Waals surface area contributed by atoms with Gasteiger partial charge >= 0.3 is 6.18 Å². The van der Waals surface area contributed by atoms with Crippen LogP contribution in [0.15, 0.2) is 0 Å². The van der Waals surface area contributed by atoms with Crippen LogP contribution in [0.2, 0.25) is 0 Å². The molecule has 0 aromatic rings. The standard InChI is InChI=1S/C8H16O.C7H11F3.C6H12.C5H10O2.2C4H8.CH4/c1-7-4-5-8(2,3)9-6-7;8-7(9,10)6-4-2-1-3-5-6;1-6-4-2-3-5-6;1-5-6-3-2-4-7-5;2*1-4-2-3-4;/h7H,4-6H2,1-3H3;6H,1-5H2;6H,2-5H2,1H3;5H,2-4H2,1H3;2*4H,2-3H2,1H3;1H4. The van der Waals surface area contributed by atoms with E-state index in [1.165, 1.54) is 64.2 Å². The summed E-state index contributed by atoms with van der Waals surface area (Å²) >= 11 is 0. The van der Waals surface area contributed by atoms with Crippen LogP contribution >= 0.6 is 0 Å². The van der Waals surface area contributed by atoms with E-state index in [2.05, 4.69) is 41.5 Å². The Labute approximate surface area is 253 Å². The second kappa shape index (κ2) is 22.2. The van der Waals surface area contributed by atoms with Crippen LogP contribution in [-0.4, -0.2) is 37.9 Å². The molecule has 6 heteroatoms. The Kier molecular flexibility index (Phi) is 22.0. The number of rotatable bonds is 0. The van der Waals surface area contributed by atoms with Crippen LogP contribution in [0.5, 0.6) is 0 Å². The Morgan fingerprint density at radius 3 is 1.22 bits per heavy atom. The lowest BCUT2D eigenvalue weighted by Crippen LogP contribution is -2.32. The molecule has 41 heavy (non-hydrogen) atoms. The summed E-state index contributed by atoms with van der Waals surface area (Å²) in [4.78, 5) is 0. The third-order valence-electron chi connectivity index (χ3n) is 8.44. The lowest BCUT2D eigenvalue weighted by molar-refractivity contribution is -0.181. The van der Waals surface area contributed by atoms with Crippen molar-refractivity contribution >= 4 is 0 Å². The fourth-order valence-electron chi connectivity index (χ4n) is 4.62. The molecule has 6 rings (SSSR count). The van der Waals surface area contributed by atoms with Gasteiger partial charge in [-0.05, 0) is 76.5 Å². The molecular weight excluding hydrogens is 525 g/mol. The van der Waals surface area contributed by atoms with E-state index in [9.17, 15) is 13.2 Å². The van der Waals surface area contributed by atoms with E-state index in [4.69, 9.17) is 14.2 Å². The quantitative estimate of drug-likeness (QED) is 0.279. The fourth-order valence-corrected chi connectivity index (χ4v) is 4.62. The van der Waals surface area contributed by atoms with E-state index in [0.29, 0.717) is 12.8 Å². The fraction of sp³-hybridized carbons (Fsp3) is 1.00. The van der Waals surface area contributed by atoms with Crippen LogP contribution in [-0.2, 0) is 14.2 Å². The molecule has 2 aliphatic heterocycles. The van der Waals surface area contributed by atoms with Gasteiger partial charge in [0.1, 0.15) is 0 Å². The van der Waals surface area contributed by atoms with E-state index < -0.39 is 12.1 Å². The summed E-state index contributed by atoms with van der Waals surface area (Å²) in [6.07, 6.45) is 14.8. The highest BCUT2D eigenvalue weighted by Gasteiger charge is 2.39. The smallest absolute Gasteiger partial charge is 0.375 e. The van der Waals surface area contributed by atoms with Crippen molar-refractivity contribution in [2.24, 2.45) is 29.6 Å². The van der Waals surface area contributed by atoms with Crippen molar-refractivity contribution in [3.8, 4) is 0 Å². The SMILES string of the molecule is C.CC1CC1.CC1CC1.CC1CCC(C)(C)OC1.CC1CCCC1.CC1OCCCO1.FC(F)(F)C1CCCCC1. The van der Waals surface area contributed by atoms with Gasteiger partial charge in [-0.3, -0.25) is 0 Å². The maximum absolute atomic E-state index is 11.9. The highest BCUT2D eigenvalue weighted by atomic mass is 19.4. The Morgan fingerprint density at radius 2 is 1.00 bits per heavy atom. The van der Waals surface area contributed by atoms with Gasteiger partial charge in [-0.25, -0.2) is 0 Å². The third kappa shape index (κ3) is 25.8. The van der Waals surface area contributed by atoms with Crippen LogP contribution in [0, 0.1) is 29.6 Å². The Bertz CT molecular complexity index is 564. The van der Waals surface area contributed by atoms with E-state index in [1.54, 1.807) is 0 Å². The van der Waals surface area contributed by atoms with Gasteiger partial charge in [-0.15, -0.1) is 0 Å². The second-order valence-electron chi connectivity index (χ2n) is 14.0. The molecule has 2 saturated heterocycles. The molecule has 4 aliphatic carbocycles. The lowest BCUT2D eigenvalue weighted by atomic mass is 9.89. The largest absolute Gasteiger partial charge is 0.391 e. The van der Waals surface area contributed by atoms with Crippen molar-refractivity contribution in [2.75, 3.05) is 19.8 Å². The van der Waals surface area contributed by atoms with E-state index in [-0.39, 0.29) is 19.3 Å². The first-order valence-electron chi connectivity index (χ1n) is 16.7. The summed E-state index contributed by atoms with van der Waals surface area (Å²) in [5, 5.41) is 0. The summed E-state index contributed by atoms with van der Waals surface area (Å²) in [5.74, 6) is 2.99. The molecule has 0 N–H and O–H groups in total. The third-order valence-corrected chi connectivity index (χ3v) is 8.44. The minimum absolute atomic E-state index is 0. The molecule has 6 fully saturated rings. The predicted octanol–water partition coefficient (Wildman–Crippen LogP) is 11.8. The van der Waals surface area contributed by atoms with E-state index in [1.807, 2.05) is 6.92 Å². The molecule has 6 aliphatic rings. The minimum atomic E-state index is -3.93. The summed E-state index contributed by atoms with van der Waals surface area (Å²) in [5.41, 5.74) is 0.159. The van der Waals surface area contributed by atoms with Crippen molar-refractivity contribution in [3.63, 3.8) is 0 Å². The van der Waals surface area contributed by atoms with Gasteiger partial charge in [0.2, 0.25) is 0 Å². The molecule has 0 aromatic carbocycles. The molecule has 3 nitrogen and oxygen atoms in total. The number of hydrogen-bond donors (Lipinski definition) is 0. The van der Waals surface area contributed by atoms with Crippen molar-refractivity contribution in [3.05, 3.63) is 0 Å². The topological polar surface area (TPSA) is 27.7 Å². The molecule has 0 radical (unpaired) electrons. The van der Waals surface area contributed by atoms with Gasteiger partial charge in [0.25, 0.3) is 0 Å². The summed E-state index contributed by atoms with van der Waals surface area (Å²) in [6, 6.07) is 0. The highest BCUT2D eigenvalue weighted by molar-refractivity contribution is 4.75. The first-order valence-corrected chi connectivity index (χ1v) is 16.7. The van der Waals surface area contributed by atoms with Gasteiger partial charge in [0.15, 0.2) is 6.29 Å². The minimum Gasteiger partial charge on any atom is -0.375 e. The molecular formula is C35H69F3O3. The second-order valence-corrected chi connectivity index (χ2v) is 14.0. The summed E-state index contributed by atoms with van der Waals surface area (Å²) in [6.45, 7) is 18.1. The van der Waals surface area contributed by atoms with Crippen LogP contribution < -0.4 is 0 Å². The number of ether oxygens (including phenoxy) is 3. The lowest BCUT2D eigenvalue weighted by Gasteiger charge is -2.33. The summed E-state index contributed by atoms with van der Waals surface area (Å²) < 4.78 is 51.5. The zero-order chi connectivity index (χ0) is 30.0. The molecule has 1 unspecified atom stereocenters. The molecule has 0 amide bonds. The summed E-state index contributed by atoms with van der Waals surface area (Å²) in [7, 11) is 0. The van der Waals surface area contributed by atoms with E-state index in [0.717, 1.165) is 69.2 Å². The van der Waals surface area contributed by atoms with Crippen LogP contribution in [0.25, 0.3) is 0 Å². The number of hydrogen-bond acceptors (Lipinski definition) is 3. The van der Waals surface area contributed by atoms with Crippen LogP contribution in [0.3, 0.4) is 0 Å². The molecule has 1 atom stereocenters. The van der Waals surface area contributed by atoms with Gasteiger partial charge in [0.05, 0.1) is 24.7 Å². The zero-order valence-electron chi connectivity index (χ0n) is 27.3. The van der Waals surface area contributed by atoms with Gasteiger partial charge in [-0.2, -0.15) is 13.2 Å². The maximum atomic E-state index is 11.9. The van der Waals surface area contributed by atoms with Crippen molar-refractivity contribution in [1.82, 2.24) is 0 Å². The monoisotopic (exact) mass is 595 g/mol. The van der Waals surface area contributed by atoms with Gasteiger partial charge in [0, 0.05) is 6.61 Å². The molecule has 0 spiro atoms. The molecule has 248 valence electrons. The van der Waals surface area contributed by atoms with Crippen LogP contribution in [0.1, 0.15) is 159 Å². The number of halogens is 3. The van der Waals surface area contributed by atoms with Gasteiger partial charge < -0.3 is 14.2 Å².